The Morgan fingerprint density at radius 1 is 0.885 bits per heavy atom. The Hall–Kier alpha value is -2.87. The number of para-hydroxylation sites is 1. The highest BCUT2D eigenvalue weighted by Gasteiger charge is 2.13. The number of sulfonamides is 1. The number of carbonyl (C=O) groups is 2. The molecule has 2 rings (SSSR count). The highest BCUT2D eigenvalue weighted by molar-refractivity contribution is 7.92. The van der Waals surface area contributed by atoms with Gasteiger partial charge in [-0.05, 0) is 17.7 Å². The van der Waals surface area contributed by atoms with Crippen LogP contribution in [0.5, 0.6) is 0 Å². The molecule has 0 radical (unpaired) electrons. The molecule has 0 heterocycles. The Morgan fingerprint density at radius 3 is 2.19 bits per heavy atom. The van der Waals surface area contributed by atoms with Crippen LogP contribution in [0.25, 0.3) is 0 Å². The van der Waals surface area contributed by atoms with E-state index in [1.165, 1.54) is 12.1 Å². The van der Waals surface area contributed by atoms with Crippen LogP contribution in [0, 0.1) is 0 Å². The topological polar surface area (TPSA) is 104 Å². The Kier molecular flexibility index (Phi) is 6.74. The molecule has 7 nitrogen and oxygen atoms in total. The lowest BCUT2D eigenvalue weighted by molar-refractivity contribution is -0.120. The number of carbonyl (C=O) groups excluding carboxylic acids is 2. The maximum Gasteiger partial charge on any atom is 0.253 e. The summed E-state index contributed by atoms with van der Waals surface area (Å²) in [4.78, 5) is 24.1. The van der Waals surface area contributed by atoms with Crippen LogP contribution in [0.4, 0.5) is 5.69 Å². The summed E-state index contributed by atoms with van der Waals surface area (Å²) in [5, 5.41) is 5.38. The van der Waals surface area contributed by atoms with Gasteiger partial charge in [-0.25, -0.2) is 8.42 Å². The van der Waals surface area contributed by atoms with E-state index in [0.29, 0.717) is 0 Å². The molecule has 0 atom stereocenters. The number of anilines is 1. The number of rotatable bonds is 8. The molecule has 0 saturated carbocycles. The molecule has 26 heavy (non-hydrogen) atoms. The molecule has 2 amide bonds. The van der Waals surface area contributed by atoms with Crippen molar-refractivity contribution in [2.75, 3.05) is 24.1 Å². The van der Waals surface area contributed by atoms with E-state index in [0.717, 1.165) is 11.8 Å². The summed E-state index contributed by atoms with van der Waals surface area (Å²) in [6.07, 6.45) is 1.29. The zero-order valence-electron chi connectivity index (χ0n) is 14.4. The fraction of sp³-hybridized carbons (Fsp3) is 0.222. The second-order valence-electron chi connectivity index (χ2n) is 5.69. The first kappa shape index (κ1) is 19.5. The second kappa shape index (κ2) is 9.00. The van der Waals surface area contributed by atoms with Crippen molar-refractivity contribution in [1.82, 2.24) is 10.6 Å². The van der Waals surface area contributed by atoms with Gasteiger partial charge in [0.2, 0.25) is 15.9 Å². The third-order valence-electron chi connectivity index (χ3n) is 3.41. The van der Waals surface area contributed by atoms with Crippen molar-refractivity contribution in [2.45, 2.75) is 6.42 Å². The maximum absolute atomic E-state index is 12.2. The minimum atomic E-state index is -3.49. The van der Waals surface area contributed by atoms with E-state index in [1.54, 1.807) is 12.1 Å². The van der Waals surface area contributed by atoms with Gasteiger partial charge in [0.15, 0.2) is 0 Å². The summed E-state index contributed by atoms with van der Waals surface area (Å²) in [5.41, 5.74) is 1.34. The van der Waals surface area contributed by atoms with Crippen molar-refractivity contribution in [3.8, 4) is 0 Å². The lowest BCUT2D eigenvalue weighted by Crippen LogP contribution is -2.35. The molecule has 138 valence electrons. The maximum atomic E-state index is 12.2. The van der Waals surface area contributed by atoms with Crippen LogP contribution in [0.1, 0.15) is 15.9 Å². The first-order valence-corrected chi connectivity index (χ1v) is 9.90. The van der Waals surface area contributed by atoms with Gasteiger partial charge < -0.3 is 10.6 Å². The molecular formula is C18H21N3O4S. The van der Waals surface area contributed by atoms with Gasteiger partial charge in [-0.15, -0.1) is 0 Å². The van der Waals surface area contributed by atoms with Crippen LogP contribution in [-0.4, -0.2) is 39.6 Å². The summed E-state index contributed by atoms with van der Waals surface area (Å²) < 4.78 is 25.0. The molecule has 2 aromatic rings. The standard InChI is InChI=1S/C18H21N3O4S/c1-26(24,25)21-16-10-6-5-9-15(16)18(23)20-12-11-19-17(22)13-14-7-3-2-4-8-14/h2-10,21H,11-13H2,1H3,(H,19,22)(H,20,23). The lowest BCUT2D eigenvalue weighted by Gasteiger charge is -2.11. The fourth-order valence-electron chi connectivity index (χ4n) is 2.29. The van der Waals surface area contributed by atoms with Crippen LogP contribution < -0.4 is 15.4 Å². The monoisotopic (exact) mass is 375 g/mol. The number of amides is 2. The van der Waals surface area contributed by atoms with E-state index in [4.69, 9.17) is 0 Å². The van der Waals surface area contributed by atoms with E-state index < -0.39 is 15.9 Å². The van der Waals surface area contributed by atoms with Gasteiger partial charge in [-0.2, -0.15) is 0 Å². The van der Waals surface area contributed by atoms with Crippen molar-refractivity contribution in [3.05, 3.63) is 65.7 Å². The van der Waals surface area contributed by atoms with Crippen LogP contribution in [-0.2, 0) is 21.2 Å². The van der Waals surface area contributed by atoms with Gasteiger partial charge in [0.25, 0.3) is 5.91 Å². The average molecular weight is 375 g/mol. The van der Waals surface area contributed by atoms with E-state index in [9.17, 15) is 18.0 Å². The van der Waals surface area contributed by atoms with Gasteiger partial charge in [0.05, 0.1) is 23.9 Å². The van der Waals surface area contributed by atoms with E-state index in [1.807, 2.05) is 30.3 Å². The first-order valence-electron chi connectivity index (χ1n) is 8.01. The SMILES string of the molecule is CS(=O)(=O)Nc1ccccc1C(=O)NCCNC(=O)Cc1ccccc1. The molecule has 0 saturated heterocycles. The van der Waals surface area contributed by atoms with Crippen molar-refractivity contribution in [1.29, 1.82) is 0 Å². The number of benzene rings is 2. The molecule has 0 spiro atoms. The molecular weight excluding hydrogens is 354 g/mol. The predicted molar refractivity (Wildman–Crippen MR) is 100 cm³/mol. The Labute approximate surface area is 152 Å². The van der Waals surface area contributed by atoms with E-state index >= 15 is 0 Å². The molecule has 0 aromatic heterocycles. The molecule has 0 aliphatic heterocycles. The second-order valence-corrected chi connectivity index (χ2v) is 7.44. The highest BCUT2D eigenvalue weighted by atomic mass is 32.2. The zero-order valence-corrected chi connectivity index (χ0v) is 15.2. The molecule has 0 aliphatic rings. The third kappa shape index (κ3) is 6.56. The largest absolute Gasteiger partial charge is 0.354 e. The molecule has 0 bridgehead atoms. The predicted octanol–water partition coefficient (Wildman–Crippen LogP) is 1.15. The normalized spacial score (nSPS) is 10.8. The summed E-state index contributed by atoms with van der Waals surface area (Å²) in [6.45, 7) is 0.506. The van der Waals surface area contributed by atoms with Crippen molar-refractivity contribution in [2.24, 2.45) is 0 Å². The first-order chi connectivity index (χ1) is 12.3. The van der Waals surface area contributed by atoms with Crippen molar-refractivity contribution in [3.63, 3.8) is 0 Å². The summed E-state index contributed by atoms with van der Waals surface area (Å²) in [5.74, 6) is -0.557. The highest BCUT2D eigenvalue weighted by Crippen LogP contribution is 2.15. The lowest BCUT2D eigenvalue weighted by atomic mass is 10.1. The number of hydrogen-bond donors (Lipinski definition) is 3. The quantitative estimate of drug-likeness (QED) is 0.602. The Balaban J connectivity index is 1.81. The van der Waals surface area contributed by atoms with Crippen molar-refractivity contribution < 1.29 is 18.0 Å². The van der Waals surface area contributed by atoms with Gasteiger partial charge >= 0.3 is 0 Å². The zero-order chi connectivity index (χ0) is 19.0. The van der Waals surface area contributed by atoms with Crippen LogP contribution in [0.2, 0.25) is 0 Å². The molecule has 0 fully saturated rings. The van der Waals surface area contributed by atoms with Gasteiger partial charge in [-0.1, -0.05) is 42.5 Å². The molecule has 0 unspecified atom stereocenters. The third-order valence-corrected chi connectivity index (χ3v) is 4.00. The minimum Gasteiger partial charge on any atom is -0.354 e. The number of hydrogen-bond acceptors (Lipinski definition) is 4. The van der Waals surface area contributed by atoms with E-state index in [-0.39, 0.29) is 36.7 Å². The molecule has 8 heteroatoms. The summed E-state index contributed by atoms with van der Waals surface area (Å²) in [6, 6.07) is 15.7. The average Bonchev–Trinajstić information content (AvgIpc) is 2.58. The molecule has 2 aromatic carbocycles. The van der Waals surface area contributed by atoms with E-state index in [2.05, 4.69) is 15.4 Å². The minimum absolute atomic E-state index is 0.135. The van der Waals surface area contributed by atoms with Gasteiger partial charge in [0.1, 0.15) is 0 Å². The Morgan fingerprint density at radius 2 is 1.50 bits per heavy atom. The van der Waals surface area contributed by atoms with Crippen LogP contribution in [0.15, 0.2) is 54.6 Å². The number of nitrogens with one attached hydrogen (secondary N) is 3. The Bertz CT molecular complexity index is 867. The molecule has 0 aliphatic carbocycles. The summed E-state index contributed by atoms with van der Waals surface area (Å²) >= 11 is 0. The van der Waals surface area contributed by atoms with Gasteiger partial charge in [-0.3, -0.25) is 14.3 Å². The summed E-state index contributed by atoms with van der Waals surface area (Å²) in [7, 11) is -3.49. The van der Waals surface area contributed by atoms with Crippen molar-refractivity contribution >= 4 is 27.5 Å². The molecule has 3 N–H and O–H groups in total. The fourth-order valence-corrected chi connectivity index (χ4v) is 2.86. The smallest absolute Gasteiger partial charge is 0.253 e. The van der Waals surface area contributed by atoms with Crippen LogP contribution >= 0.6 is 0 Å². The van der Waals surface area contributed by atoms with Gasteiger partial charge in [0, 0.05) is 13.1 Å². The van der Waals surface area contributed by atoms with Crippen LogP contribution in [0.3, 0.4) is 0 Å².